The van der Waals surface area contributed by atoms with Gasteiger partial charge in [-0.1, -0.05) is 34.1 Å². The molecule has 0 spiro atoms. The molecule has 1 unspecified atom stereocenters. The Labute approximate surface area is 151 Å². The average Bonchev–Trinajstić information content (AvgIpc) is 2.55. The van der Waals surface area contributed by atoms with E-state index >= 15 is 0 Å². The van der Waals surface area contributed by atoms with Crippen molar-refractivity contribution in [3.05, 3.63) is 63.9 Å². The van der Waals surface area contributed by atoms with Crippen LogP contribution in [0.2, 0.25) is 0 Å². The molecule has 24 heavy (non-hydrogen) atoms. The van der Waals surface area contributed by atoms with Gasteiger partial charge in [-0.3, -0.25) is 4.90 Å². The third-order valence-electron chi connectivity index (χ3n) is 3.81. The smallest absolute Gasteiger partial charge is 0.132 e. The number of ether oxygens (including phenoxy) is 1. The molecule has 0 saturated carbocycles. The minimum absolute atomic E-state index is 0.142. The van der Waals surface area contributed by atoms with E-state index in [1.54, 1.807) is 0 Å². The van der Waals surface area contributed by atoms with Gasteiger partial charge in [-0.25, -0.2) is 4.39 Å². The topological polar surface area (TPSA) is 24.5 Å². The summed E-state index contributed by atoms with van der Waals surface area (Å²) in [6, 6.07) is 13.0. The Morgan fingerprint density at radius 2 is 1.88 bits per heavy atom. The van der Waals surface area contributed by atoms with E-state index in [4.69, 9.17) is 4.74 Å². The summed E-state index contributed by atoms with van der Waals surface area (Å²) in [6.07, 6.45) is 0.888. The number of nitrogens with zero attached hydrogens (tertiary/aromatic N) is 1. The minimum Gasteiger partial charge on any atom is -0.493 e. The SMILES string of the molecule is CNCCCOc1ccc(C(c2ccc(Br)cc2)N(C)C)c(F)c1. The lowest BCUT2D eigenvalue weighted by Gasteiger charge is -2.26. The maximum atomic E-state index is 14.7. The van der Waals surface area contributed by atoms with Gasteiger partial charge < -0.3 is 10.1 Å². The predicted molar refractivity (Wildman–Crippen MR) is 100 cm³/mol. The Kier molecular flexibility index (Phi) is 7.21. The van der Waals surface area contributed by atoms with Gasteiger partial charge in [-0.05, 0) is 57.9 Å². The van der Waals surface area contributed by atoms with Crippen molar-refractivity contribution in [1.82, 2.24) is 10.2 Å². The molecule has 0 aliphatic carbocycles. The molecule has 0 heterocycles. The van der Waals surface area contributed by atoms with Crippen molar-refractivity contribution in [3.8, 4) is 5.75 Å². The molecule has 0 aromatic heterocycles. The molecule has 2 aromatic carbocycles. The zero-order chi connectivity index (χ0) is 17.5. The van der Waals surface area contributed by atoms with Gasteiger partial charge in [0, 0.05) is 16.1 Å². The molecular weight excluding hydrogens is 371 g/mol. The summed E-state index contributed by atoms with van der Waals surface area (Å²) in [6.45, 7) is 1.45. The van der Waals surface area contributed by atoms with E-state index in [0.717, 1.165) is 23.0 Å². The highest BCUT2D eigenvalue weighted by Gasteiger charge is 2.20. The first kappa shape index (κ1) is 18.9. The van der Waals surface area contributed by atoms with Crippen LogP contribution in [-0.2, 0) is 0 Å². The zero-order valence-corrected chi connectivity index (χ0v) is 15.9. The fourth-order valence-corrected chi connectivity index (χ4v) is 2.92. The molecule has 2 aromatic rings. The van der Waals surface area contributed by atoms with Crippen molar-refractivity contribution < 1.29 is 9.13 Å². The summed E-state index contributed by atoms with van der Waals surface area (Å²) in [7, 11) is 5.81. The van der Waals surface area contributed by atoms with E-state index in [1.807, 2.05) is 62.4 Å². The second-order valence-corrected chi connectivity index (χ2v) is 6.82. The predicted octanol–water partition coefficient (Wildman–Crippen LogP) is 4.23. The van der Waals surface area contributed by atoms with Crippen LogP contribution in [0.3, 0.4) is 0 Å². The monoisotopic (exact) mass is 394 g/mol. The Morgan fingerprint density at radius 3 is 2.46 bits per heavy atom. The van der Waals surface area contributed by atoms with E-state index in [-0.39, 0.29) is 11.9 Å². The lowest BCUT2D eigenvalue weighted by molar-refractivity contribution is 0.305. The van der Waals surface area contributed by atoms with Gasteiger partial charge in [0.2, 0.25) is 0 Å². The lowest BCUT2D eigenvalue weighted by atomic mass is 9.97. The fraction of sp³-hybridized carbons (Fsp3) is 0.368. The number of benzene rings is 2. The number of hydrogen-bond donors (Lipinski definition) is 1. The first-order valence-corrected chi connectivity index (χ1v) is 8.81. The van der Waals surface area contributed by atoms with Crippen LogP contribution in [-0.4, -0.2) is 39.2 Å². The van der Waals surface area contributed by atoms with Gasteiger partial charge in [0.15, 0.2) is 0 Å². The molecule has 0 aliphatic heterocycles. The van der Waals surface area contributed by atoms with Crippen LogP contribution in [0.5, 0.6) is 5.75 Å². The minimum atomic E-state index is -0.247. The standard InChI is InChI=1S/C19H24BrFN2O/c1-22-11-4-12-24-16-9-10-17(18(21)13-16)19(23(2)3)14-5-7-15(20)8-6-14/h5-10,13,19,22H,4,11-12H2,1-3H3. The van der Waals surface area contributed by atoms with Crippen LogP contribution >= 0.6 is 15.9 Å². The maximum absolute atomic E-state index is 14.7. The molecule has 0 saturated heterocycles. The molecule has 0 amide bonds. The van der Waals surface area contributed by atoms with Crippen LogP contribution in [0, 0.1) is 5.82 Å². The Hall–Kier alpha value is -1.43. The number of rotatable bonds is 8. The van der Waals surface area contributed by atoms with Gasteiger partial charge in [0.25, 0.3) is 0 Å². The number of halogens is 2. The summed E-state index contributed by atoms with van der Waals surface area (Å²) in [5.74, 6) is 0.323. The fourth-order valence-electron chi connectivity index (χ4n) is 2.66. The molecular formula is C19H24BrFN2O. The Morgan fingerprint density at radius 1 is 1.17 bits per heavy atom. The molecule has 3 nitrogen and oxygen atoms in total. The highest BCUT2D eigenvalue weighted by Crippen LogP contribution is 2.31. The molecule has 5 heteroatoms. The Bertz CT molecular complexity index is 646. The van der Waals surface area contributed by atoms with Crippen LogP contribution in [0.4, 0.5) is 4.39 Å². The first-order chi connectivity index (χ1) is 11.5. The van der Waals surface area contributed by atoms with Gasteiger partial charge in [0.05, 0.1) is 12.6 Å². The zero-order valence-electron chi connectivity index (χ0n) is 14.4. The molecule has 1 N–H and O–H groups in total. The summed E-state index contributed by atoms with van der Waals surface area (Å²) in [5.41, 5.74) is 1.69. The van der Waals surface area contributed by atoms with Crippen LogP contribution < -0.4 is 10.1 Å². The van der Waals surface area contributed by atoms with E-state index < -0.39 is 0 Å². The summed E-state index contributed by atoms with van der Waals surface area (Å²) in [5, 5.41) is 3.06. The highest BCUT2D eigenvalue weighted by atomic mass is 79.9. The Balaban J connectivity index is 2.20. The van der Waals surface area contributed by atoms with E-state index in [2.05, 4.69) is 21.2 Å². The summed E-state index contributed by atoms with van der Waals surface area (Å²) < 4.78 is 21.3. The molecule has 0 aliphatic rings. The highest BCUT2D eigenvalue weighted by molar-refractivity contribution is 9.10. The van der Waals surface area contributed by atoms with E-state index in [1.165, 1.54) is 6.07 Å². The quantitative estimate of drug-likeness (QED) is 0.678. The largest absolute Gasteiger partial charge is 0.493 e. The van der Waals surface area contributed by atoms with Crippen LogP contribution in [0.25, 0.3) is 0 Å². The number of hydrogen-bond acceptors (Lipinski definition) is 3. The van der Waals surface area contributed by atoms with Gasteiger partial charge >= 0.3 is 0 Å². The van der Waals surface area contributed by atoms with Crippen molar-refractivity contribution in [3.63, 3.8) is 0 Å². The van der Waals surface area contributed by atoms with Crippen molar-refractivity contribution in [2.75, 3.05) is 34.3 Å². The van der Waals surface area contributed by atoms with Crippen molar-refractivity contribution in [1.29, 1.82) is 0 Å². The molecule has 2 rings (SSSR count). The summed E-state index contributed by atoms with van der Waals surface area (Å²) >= 11 is 3.44. The van der Waals surface area contributed by atoms with Crippen molar-refractivity contribution in [2.24, 2.45) is 0 Å². The normalized spacial score (nSPS) is 12.4. The molecule has 0 bridgehead atoms. The van der Waals surface area contributed by atoms with Crippen molar-refractivity contribution in [2.45, 2.75) is 12.5 Å². The molecule has 0 fully saturated rings. The third-order valence-corrected chi connectivity index (χ3v) is 4.34. The van der Waals surface area contributed by atoms with Gasteiger partial charge in [-0.2, -0.15) is 0 Å². The lowest BCUT2D eigenvalue weighted by Crippen LogP contribution is -2.22. The van der Waals surface area contributed by atoms with Crippen LogP contribution in [0.1, 0.15) is 23.6 Å². The van der Waals surface area contributed by atoms with Crippen LogP contribution in [0.15, 0.2) is 46.9 Å². The number of nitrogens with one attached hydrogen (secondary N) is 1. The van der Waals surface area contributed by atoms with Crippen molar-refractivity contribution >= 4 is 15.9 Å². The summed E-state index contributed by atoms with van der Waals surface area (Å²) in [4.78, 5) is 2.01. The molecule has 0 radical (unpaired) electrons. The molecule has 130 valence electrons. The second-order valence-electron chi connectivity index (χ2n) is 5.91. The van der Waals surface area contributed by atoms with Gasteiger partial charge in [-0.15, -0.1) is 0 Å². The van der Waals surface area contributed by atoms with Gasteiger partial charge in [0.1, 0.15) is 11.6 Å². The molecule has 1 atom stereocenters. The third kappa shape index (κ3) is 5.03. The first-order valence-electron chi connectivity index (χ1n) is 8.01. The average molecular weight is 395 g/mol. The maximum Gasteiger partial charge on any atom is 0.132 e. The van der Waals surface area contributed by atoms with E-state index in [9.17, 15) is 4.39 Å². The second kappa shape index (κ2) is 9.16. The van der Waals surface area contributed by atoms with E-state index in [0.29, 0.717) is 17.9 Å².